The van der Waals surface area contributed by atoms with Crippen LogP contribution in [0.4, 0.5) is 4.39 Å². The highest BCUT2D eigenvalue weighted by Crippen LogP contribution is 2.24. The fraction of sp³-hybridized carbons (Fsp3) is 0.562. The van der Waals surface area contributed by atoms with Crippen molar-refractivity contribution in [3.05, 3.63) is 35.6 Å². The van der Waals surface area contributed by atoms with Gasteiger partial charge in [0.05, 0.1) is 11.5 Å². The van der Waals surface area contributed by atoms with Crippen LogP contribution in [0.5, 0.6) is 0 Å². The fourth-order valence-electron chi connectivity index (χ4n) is 2.07. The summed E-state index contributed by atoms with van der Waals surface area (Å²) in [7, 11) is 0. The first kappa shape index (κ1) is 16.6. The number of carbonyl (C=O) groups excluding carboxylic acids is 1. The summed E-state index contributed by atoms with van der Waals surface area (Å²) in [6, 6.07) is 6.04. The van der Waals surface area contributed by atoms with Crippen molar-refractivity contribution < 1.29 is 14.3 Å². The van der Waals surface area contributed by atoms with E-state index >= 15 is 0 Å². The van der Waals surface area contributed by atoms with Crippen molar-refractivity contribution >= 4 is 5.91 Å². The van der Waals surface area contributed by atoms with Gasteiger partial charge in [0.15, 0.2) is 0 Å². The highest BCUT2D eigenvalue weighted by Gasteiger charge is 2.30. The Morgan fingerprint density at radius 3 is 2.60 bits per heavy atom. The summed E-state index contributed by atoms with van der Waals surface area (Å²) in [5.41, 5.74) is -0.215. The van der Waals surface area contributed by atoms with Gasteiger partial charge in [0.2, 0.25) is 5.91 Å². The van der Waals surface area contributed by atoms with E-state index in [0.717, 1.165) is 0 Å². The second-order valence-corrected chi connectivity index (χ2v) is 6.13. The number of benzene rings is 1. The number of aliphatic hydroxyl groups is 1. The van der Waals surface area contributed by atoms with Crippen molar-refractivity contribution in [1.29, 1.82) is 0 Å². The molecule has 1 atom stereocenters. The summed E-state index contributed by atoms with van der Waals surface area (Å²) >= 11 is 0. The SMILES string of the molecule is CC(C)CC(O)CNC(=O)C(C)(C)c1cccc(F)c1. The average molecular weight is 281 g/mol. The van der Waals surface area contributed by atoms with Crippen LogP contribution in [0, 0.1) is 11.7 Å². The lowest BCUT2D eigenvalue weighted by Crippen LogP contribution is -2.43. The Labute approximate surface area is 120 Å². The van der Waals surface area contributed by atoms with E-state index in [0.29, 0.717) is 17.9 Å². The minimum absolute atomic E-state index is 0.217. The number of hydrogen-bond donors (Lipinski definition) is 2. The number of hydrogen-bond acceptors (Lipinski definition) is 2. The number of amides is 1. The zero-order valence-corrected chi connectivity index (χ0v) is 12.6. The van der Waals surface area contributed by atoms with Crippen molar-refractivity contribution in [2.75, 3.05) is 6.54 Å². The van der Waals surface area contributed by atoms with Crippen LogP contribution in [0.1, 0.15) is 39.7 Å². The summed E-state index contributed by atoms with van der Waals surface area (Å²) in [6.45, 7) is 7.73. The molecule has 0 fully saturated rings. The summed E-state index contributed by atoms with van der Waals surface area (Å²) in [5.74, 6) is -0.202. The molecule has 1 rings (SSSR count). The number of carbonyl (C=O) groups is 1. The molecular weight excluding hydrogens is 257 g/mol. The van der Waals surface area contributed by atoms with Gasteiger partial charge in [-0.25, -0.2) is 4.39 Å². The van der Waals surface area contributed by atoms with Gasteiger partial charge in [0.1, 0.15) is 5.82 Å². The van der Waals surface area contributed by atoms with E-state index in [1.807, 2.05) is 13.8 Å². The topological polar surface area (TPSA) is 49.3 Å². The molecule has 3 nitrogen and oxygen atoms in total. The van der Waals surface area contributed by atoms with E-state index in [9.17, 15) is 14.3 Å². The monoisotopic (exact) mass is 281 g/mol. The molecule has 0 aliphatic rings. The third-order valence-electron chi connectivity index (χ3n) is 3.36. The van der Waals surface area contributed by atoms with Gasteiger partial charge in [-0.2, -0.15) is 0 Å². The smallest absolute Gasteiger partial charge is 0.230 e. The first-order valence-electron chi connectivity index (χ1n) is 6.96. The molecule has 2 N–H and O–H groups in total. The first-order chi connectivity index (χ1) is 9.23. The molecule has 1 aromatic rings. The minimum atomic E-state index is -0.834. The lowest BCUT2D eigenvalue weighted by molar-refractivity contribution is -0.126. The van der Waals surface area contributed by atoms with Gasteiger partial charge >= 0.3 is 0 Å². The van der Waals surface area contributed by atoms with Crippen LogP contribution < -0.4 is 5.32 Å². The summed E-state index contributed by atoms with van der Waals surface area (Å²) in [5, 5.41) is 12.5. The van der Waals surface area contributed by atoms with E-state index in [1.165, 1.54) is 12.1 Å². The molecule has 1 amide bonds. The molecule has 1 aromatic carbocycles. The third kappa shape index (κ3) is 4.60. The largest absolute Gasteiger partial charge is 0.391 e. The Morgan fingerprint density at radius 1 is 1.40 bits per heavy atom. The Kier molecular flexibility index (Phi) is 5.69. The summed E-state index contributed by atoms with van der Waals surface area (Å²) < 4.78 is 13.2. The maximum Gasteiger partial charge on any atom is 0.230 e. The Hall–Kier alpha value is -1.42. The molecule has 0 saturated carbocycles. The van der Waals surface area contributed by atoms with E-state index in [1.54, 1.807) is 26.0 Å². The highest BCUT2D eigenvalue weighted by atomic mass is 19.1. The van der Waals surface area contributed by atoms with Crippen LogP contribution in [0.3, 0.4) is 0 Å². The molecule has 112 valence electrons. The summed E-state index contributed by atoms with van der Waals surface area (Å²) in [6.07, 6.45) is 0.0861. The normalized spacial score (nSPS) is 13.3. The molecule has 1 unspecified atom stereocenters. The van der Waals surface area contributed by atoms with Crippen molar-refractivity contribution in [3.8, 4) is 0 Å². The van der Waals surface area contributed by atoms with E-state index in [4.69, 9.17) is 0 Å². The van der Waals surface area contributed by atoms with Crippen LogP contribution in [-0.4, -0.2) is 23.7 Å². The predicted molar refractivity (Wildman–Crippen MR) is 77.9 cm³/mol. The van der Waals surface area contributed by atoms with Gasteiger partial charge in [-0.1, -0.05) is 26.0 Å². The van der Waals surface area contributed by atoms with Gasteiger partial charge < -0.3 is 10.4 Å². The van der Waals surface area contributed by atoms with Crippen LogP contribution >= 0.6 is 0 Å². The maximum absolute atomic E-state index is 13.2. The number of nitrogens with one attached hydrogen (secondary N) is 1. The molecule has 0 bridgehead atoms. The third-order valence-corrected chi connectivity index (χ3v) is 3.36. The van der Waals surface area contributed by atoms with Gasteiger partial charge in [-0.3, -0.25) is 4.79 Å². The minimum Gasteiger partial charge on any atom is -0.391 e. The molecule has 0 aromatic heterocycles. The molecule has 0 heterocycles. The number of rotatable bonds is 6. The lowest BCUT2D eigenvalue weighted by atomic mass is 9.83. The van der Waals surface area contributed by atoms with Gasteiger partial charge in [-0.15, -0.1) is 0 Å². The molecule has 0 spiro atoms. The van der Waals surface area contributed by atoms with Crippen LogP contribution in [0.2, 0.25) is 0 Å². The average Bonchev–Trinajstić information content (AvgIpc) is 2.35. The number of halogens is 1. The molecule has 0 saturated heterocycles. The Morgan fingerprint density at radius 2 is 2.05 bits per heavy atom. The van der Waals surface area contributed by atoms with E-state index in [2.05, 4.69) is 5.32 Å². The molecule has 0 radical (unpaired) electrons. The number of aliphatic hydroxyl groups excluding tert-OH is 1. The molecule has 0 aliphatic heterocycles. The van der Waals surface area contributed by atoms with E-state index < -0.39 is 11.5 Å². The van der Waals surface area contributed by atoms with Crippen molar-refractivity contribution in [1.82, 2.24) is 5.32 Å². The van der Waals surface area contributed by atoms with Gasteiger partial charge in [0, 0.05) is 6.54 Å². The lowest BCUT2D eigenvalue weighted by Gasteiger charge is -2.25. The second kappa shape index (κ2) is 6.84. The quantitative estimate of drug-likeness (QED) is 0.842. The van der Waals surface area contributed by atoms with Gasteiger partial charge in [0.25, 0.3) is 0 Å². The standard InChI is InChI=1S/C16H24FNO2/c1-11(2)8-14(19)10-18-15(20)16(3,4)12-6-5-7-13(17)9-12/h5-7,9,11,14,19H,8,10H2,1-4H3,(H,18,20). The summed E-state index contributed by atoms with van der Waals surface area (Å²) in [4.78, 5) is 12.2. The molecular formula is C16H24FNO2. The molecule has 0 aliphatic carbocycles. The van der Waals surface area contributed by atoms with Crippen molar-refractivity contribution in [2.45, 2.75) is 45.6 Å². The second-order valence-electron chi connectivity index (χ2n) is 6.13. The zero-order valence-electron chi connectivity index (χ0n) is 12.6. The predicted octanol–water partition coefficient (Wildman–Crippen LogP) is 2.63. The molecule has 20 heavy (non-hydrogen) atoms. The Bertz CT molecular complexity index is 458. The van der Waals surface area contributed by atoms with Crippen molar-refractivity contribution in [2.24, 2.45) is 5.92 Å². The maximum atomic E-state index is 13.2. The van der Waals surface area contributed by atoms with Crippen molar-refractivity contribution in [3.63, 3.8) is 0 Å². The van der Waals surface area contributed by atoms with Crippen LogP contribution in [0.15, 0.2) is 24.3 Å². The fourth-order valence-corrected chi connectivity index (χ4v) is 2.07. The van der Waals surface area contributed by atoms with Crippen LogP contribution in [0.25, 0.3) is 0 Å². The Balaban J connectivity index is 2.66. The van der Waals surface area contributed by atoms with Crippen LogP contribution in [-0.2, 0) is 10.2 Å². The molecule has 4 heteroatoms. The highest BCUT2D eigenvalue weighted by molar-refractivity contribution is 5.87. The van der Waals surface area contributed by atoms with E-state index in [-0.39, 0.29) is 18.3 Å². The van der Waals surface area contributed by atoms with Gasteiger partial charge in [-0.05, 0) is 43.9 Å². The zero-order chi connectivity index (χ0) is 15.3. The first-order valence-corrected chi connectivity index (χ1v) is 6.96.